The Kier molecular flexibility index (Phi) is 7.03. The number of carbonyl (C=O) groups is 1. The number of hydrogen-bond donors (Lipinski definition) is 1. The van der Waals surface area contributed by atoms with Gasteiger partial charge in [0, 0.05) is 37.7 Å². The first-order valence-electron chi connectivity index (χ1n) is 10.6. The average molecular weight is 417 g/mol. The second-order valence-electron chi connectivity index (χ2n) is 7.81. The number of likely N-dealkylation sites (tertiary alicyclic amines) is 1. The Bertz CT molecular complexity index is 814. The van der Waals surface area contributed by atoms with Crippen molar-refractivity contribution in [1.82, 2.24) is 25.3 Å². The van der Waals surface area contributed by atoms with Crippen LogP contribution in [0.1, 0.15) is 18.7 Å². The third-order valence-electron chi connectivity index (χ3n) is 5.72. The number of halogens is 1. The van der Waals surface area contributed by atoms with Crippen LogP contribution in [0.15, 0.2) is 28.8 Å². The van der Waals surface area contributed by atoms with Gasteiger partial charge in [-0.2, -0.15) is 4.98 Å². The van der Waals surface area contributed by atoms with Gasteiger partial charge in [0.1, 0.15) is 5.82 Å². The lowest BCUT2D eigenvalue weighted by atomic mass is 9.96. The molecule has 8 nitrogen and oxygen atoms in total. The SMILES string of the molecule is O=C(NCCN1CCOCC1)C1CCN(Cc2nc(-c3ccc(F)cc3)no2)CC1. The van der Waals surface area contributed by atoms with Gasteiger partial charge in [0.05, 0.1) is 19.8 Å². The van der Waals surface area contributed by atoms with E-state index in [1.165, 1.54) is 12.1 Å². The monoisotopic (exact) mass is 417 g/mol. The molecule has 2 aromatic rings. The summed E-state index contributed by atoms with van der Waals surface area (Å²) in [7, 11) is 0. The Morgan fingerprint density at radius 2 is 1.83 bits per heavy atom. The molecule has 162 valence electrons. The summed E-state index contributed by atoms with van der Waals surface area (Å²) in [4.78, 5) is 21.4. The Morgan fingerprint density at radius 3 is 2.57 bits per heavy atom. The Hall–Kier alpha value is -2.36. The van der Waals surface area contributed by atoms with Gasteiger partial charge in [0.25, 0.3) is 0 Å². The third kappa shape index (κ3) is 5.62. The van der Waals surface area contributed by atoms with E-state index in [0.29, 0.717) is 24.8 Å². The van der Waals surface area contributed by atoms with E-state index in [4.69, 9.17) is 9.26 Å². The lowest BCUT2D eigenvalue weighted by molar-refractivity contribution is -0.126. The zero-order chi connectivity index (χ0) is 20.8. The fourth-order valence-corrected chi connectivity index (χ4v) is 3.89. The molecule has 0 bridgehead atoms. The van der Waals surface area contributed by atoms with Gasteiger partial charge in [-0.1, -0.05) is 5.16 Å². The number of ether oxygens (including phenoxy) is 1. The summed E-state index contributed by atoms with van der Waals surface area (Å²) >= 11 is 0. The van der Waals surface area contributed by atoms with Crippen molar-refractivity contribution in [3.05, 3.63) is 36.0 Å². The summed E-state index contributed by atoms with van der Waals surface area (Å²) < 4.78 is 23.7. The summed E-state index contributed by atoms with van der Waals surface area (Å²) in [6.07, 6.45) is 1.64. The van der Waals surface area contributed by atoms with E-state index in [2.05, 4.69) is 25.3 Å². The van der Waals surface area contributed by atoms with E-state index in [1.807, 2.05) is 0 Å². The largest absolute Gasteiger partial charge is 0.379 e. The number of nitrogens with zero attached hydrogens (tertiary/aromatic N) is 4. The maximum absolute atomic E-state index is 13.1. The summed E-state index contributed by atoms with van der Waals surface area (Å²) in [5.41, 5.74) is 0.721. The van der Waals surface area contributed by atoms with Gasteiger partial charge < -0.3 is 14.6 Å². The number of rotatable bonds is 7. The van der Waals surface area contributed by atoms with Gasteiger partial charge in [-0.05, 0) is 50.2 Å². The topological polar surface area (TPSA) is 83.7 Å². The van der Waals surface area contributed by atoms with Crippen molar-refractivity contribution in [3.63, 3.8) is 0 Å². The maximum atomic E-state index is 13.1. The number of amides is 1. The summed E-state index contributed by atoms with van der Waals surface area (Å²) in [5.74, 6) is 0.903. The van der Waals surface area contributed by atoms with Crippen molar-refractivity contribution < 1.29 is 18.4 Å². The Morgan fingerprint density at radius 1 is 1.10 bits per heavy atom. The fraction of sp³-hybridized carbons (Fsp3) is 0.571. The number of carbonyl (C=O) groups excluding carboxylic acids is 1. The molecule has 2 aliphatic rings. The number of morpholine rings is 1. The Balaban J connectivity index is 1.18. The molecule has 0 unspecified atom stereocenters. The zero-order valence-electron chi connectivity index (χ0n) is 17.1. The highest BCUT2D eigenvalue weighted by Crippen LogP contribution is 2.20. The van der Waals surface area contributed by atoms with Crippen LogP contribution in [0.2, 0.25) is 0 Å². The van der Waals surface area contributed by atoms with Crippen LogP contribution in [-0.2, 0) is 16.1 Å². The number of benzene rings is 1. The molecule has 4 rings (SSSR count). The van der Waals surface area contributed by atoms with Gasteiger partial charge in [-0.25, -0.2) is 4.39 Å². The van der Waals surface area contributed by atoms with E-state index in [-0.39, 0.29) is 17.6 Å². The number of nitrogens with one attached hydrogen (secondary N) is 1. The fourth-order valence-electron chi connectivity index (χ4n) is 3.89. The van der Waals surface area contributed by atoms with Crippen LogP contribution in [0, 0.1) is 11.7 Å². The van der Waals surface area contributed by atoms with E-state index in [1.54, 1.807) is 12.1 Å². The first-order valence-corrected chi connectivity index (χ1v) is 10.6. The molecule has 0 spiro atoms. The minimum atomic E-state index is -0.296. The molecule has 30 heavy (non-hydrogen) atoms. The molecule has 1 N–H and O–H groups in total. The first kappa shape index (κ1) is 20.9. The molecule has 1 amide bonds. The van der Waals surface area contributed by atoms with E-state index >= 15 is 0 Å². The van der Waals surface area contributed by atoms with Crippen molar-refractivity contribution >= 4 is 5.91 Å². The summed E-state index contributed by atoms with van der Waals surface area (Å²) in [5, 5.41) is 7.07. The highest BCUT2D eigenvalue weighted by atomic mass is 19.1. The molecule has 1 aromatic carbocycles. The van der Waals surface area contributed by atoms with Crippen LogP contribution in [-0.4, -0.2) is 78.3 Å². The molecule has 3 heterocycles. The molecular formula is C21H28FN5O3. The van der Waals surface area contributed by atoms with Crippen molar-refractivity contribution in [1.29, 1.82) is 0 Å². The van der Waals surface area contributed by atoms with Gasteiger partial charge in [0.2, 0.25) is 17.6 Å². The second kappa shape index (κ2) is 10.1. The highest BCUT2D eigenvalue weighted by molar-refractivity contribution is 5.78. The molecule has 1 aromatic heterocycles. The molecule has 0 radical (unpaired) electrons. The maximum Gasteiger partial charge on any atom is 0.241 e. The summed E-state index contributed by atoms with van der Waals surface area (Å²) in [6, 6.07) is 6.02. The normalized spacial score (nSPS) is 19.1. The lowest BCUT2D eigenvalue weighted by Crippen LogP contribution is -2.44. The number of aromatic nitrogens is 2. The third-order valence-corrected chi connectivity index (χ3v) is 5.72. The van der Waals surface area contributed by atoms with Crippen molar-refractivity contribution in [2.75, 3.05) is 52.5 Å². The standard InChI is InChI=1S/C21H28FN5O3/c22-18-3-1-16(2-4-18)20-24-19(30-25-20)15-27-8-5-17(6-9-27)21(28)23-7-10-26-11-13-29-14-12-26/h1-4,17H,5-15H2,(H,23,28). The molecular weight excluding hydrogens is 389 g/mol. The van der Waals surface area contributed by atoms with Gasteiger partial charge >= 0.3 is 0 Å². The van der Waals surface area contributed by atoms with Crippen molar-refractivity contribution in [2.45, 2.75) is 19.4 Å². The predicted molar refractivity (Wildman–Crippen MR) is 108 cm³/mol. The average Bonchev–Trinajstić information content (AvgIpc) is 3.24. The minimum absolute atomic E-state index is 0.0587. The molecule has 0 atom stereocenters. The summed E-state index contributed by atoms with van der Waals surface area (Å²) in [6.45, 7) is 7.18. The van der Waals surface area contributed by atoms with Crippen LogP contribution in [0.3, 0.4) is 0 Å². The van der Waals surface area contributed by atoms with E-state index in [9.17, 15) is 9.18 Å². The predicted octanol–water partition coefficient (Wildman–Crippen LogP) is 1.54. The quantitative estimate of drug-likeness (QED) is 0.732. The number of piperidine rings is 1. The first-order chi connectivity index (χ1) is 14.7. The van der Waals surface area contributed by atoms with Crippen LogP contribution in [0.5, 0.6) is 0 Å². The second-order valence-corrected chi connectivity index (χ2v) is 7.81. The van der Waals surface area contributed by atoms with Gasteiger partial charge in [0.15, 0.2) is 0 Å². The van der Waals surface area contributed by atoms with E-state index in [0.717, 1.165) is 64.3 Å². The van der Waals surface area contributed by atoms with Crippen LogP contribution >= 0.6 is 0 Å². The van der Waals surface area contributed by atoms with Gasteiger partial charge in [-0.3, -0.25) is 14.6 Å². The molecule has 2 saturated heterocycles. The molecule has 0 aliphatic carbocycles. The molecule has 2 aliphatic heterocycles. The van der Waals surface area contributed by atoms with Gasteiger partial charge in [-0.15, -0.1) is 0 Å². The smallest absolute Gasteiger partial charge is 0.241 e. The van der Waals surface area contributed by atoms with Crippen LogP contribution in [0.25, 0.3) is 11.4 Å². The highest BCUT2D eigenvalue weighted by Gasteiger charge is 2.26. The molecule has 2 fully saturated rings. The number of hydrogen-bond acceptors (Lipinski definition) is 7. The minimum Gasteiger partial charge on any atom is -0.379 e. The molecule has 0 saturated carbocycles. The van der Waals surface area contributed by atoms with Crippen molar-refractivity contribution in [3.8, 4) is 11.4 Å². The zero-order valence-corrected chi connectivity index (χ0v) is 17.1. The van der Waals surface area contributed by atoms with Crippen molar-refractivity contribution in [2.24, 2.45) is 5.92 Å². The van der Waals surface area contributed by atoms with Crippen LogP contribution in [0.4, 0.5) is 4.39 Å². The lowest BCUT2D eigenvalue weighted by Gasteiger charge is -2.30. The van der Waals surface area contributed by atoms with E-state index < -0.39 is 0 Å². The van der Waals surface area contributed by atoms with Crippen LogP contribution < -0.4 is 5.32 Å². The molecule has 9 heteroatoms. The Labute approximate surface area is 175 Å².